The summed E-state index contributed by atoms with van der Waals surface area (Å²) in [5, 5.41) is 2.92. The highest BCUT2D eigenvalue weighted by atomic mass is 35.5. The summed E-state index contributed by atoms with van der Waals surface area (Å²) in [5.74, 6) is -0.225. The fraction of sp³-hybridized carbons (Fsp3) is 0.409. The van der Waals surface area contributed by atoms with E-state index in [2.05, 4.69) is 27.8 Å². The number of piperidine rings is 1. The van der Waals surface area contributed by atoms with Gasteiger partial charge in [-0.3, -0.25) is 15.1 Å². The number of hydrogen-bond donors (Lipinski definition) is 2. The van der Waals surface area contributed by atoms with Crippen molar-refractivity contribution in [1.29, 1.82) is 0 Å². The van der Waals surface area contributed by atoms with Crippen molar-refractivity contribution in [2.75, 3.05) is 38.1 Å². The van der Waals surface area contributed by atoms with Crippen LogP contribution in [0.25, 0.3) is 0 Å². The van der Waals surface area contributed by atoms with Crippen LogP contribution in [0.4, 0.5) is 5.69 Å². The highest BCUT2D eigenvalue weighted by molar-refractivity contribution is 7.91. The average Bonchev–Trinajstić information content (AvgIpc) is 3.44. The summed E-state index contributed by atoms with van der Waals surface area (Å²) >= 11 is 6.95. The average molecular weight is 511 g/mol. The molecule has 1 spiro atoms. The number of amides is 1. The van der Waals surface area contributed by atoms with Gasteiger partial charge >= 0.3 is 0 Å². The zero-order valence-corrected chi connectivity index (χ0v) is 20.7. The molecule has 2 aliphatic heterocycles. The van der Waals surface area contributed by atoms with E-state index < -0.39 is 15.6 Å². The number of benzene rings is 1. The molecule has 33 heavy (non-hydrogen) atoms. The first-order chi connectivity index (χ1) is 15.8. The summed E-state index contributed by atoms with van der Waals surface area (Å²) in [5.41, 5.74) is 3.56. The minimum Gasteiger partial charge on any atom is -0.375 e. The predicted molar refractivity (Wildman–Crippen MR) is 130 cm³/mol. The van der Waals surface area contributed by atoms with Crippen molar-refractivity contribution in [2.24, 2.45) is 0 Å². The minimum atomic E-state index is -3.57. The molecule has 2 aromatic rings. The number of sulfonamides is 1. The number of carbonyl (C=O) groups excluding carboxylic acids is 1. The van der Waals surface area contributed by atoms with Gasteiger partial charge in [0.15, 0.2) is 0 Å². The molecular weight excluding hydrogens is 484 g/mol. The Bertz CT molecular complexity index is 1110. The Morgan fingerprint density at radius 2 is 1.97 bits per heavy atom. The van der Waals surface area contributed by atoms with Crippen LogP contribution in [0.3, 0.4) is 0 Å². The van der Waals surface area contributed by atoms with Gasteiger partial charge in [0.2, 0.25) is 0 Å². The smallest absolute Gasteiger partial charge is 0.269 e. The Morgan fingerprint density at radius 3 is 2.64 bits per heavy atom. The zero-order chi connectivity index (χ0) is 23.5. The standard InChI is InChI=1S/C22H27ClN4O4S2/c1-26(17-6-3-2-4-7-17)13-5-12-24-21(28)18-16-22(31-25-18)10-14-27(15-11-22)33(29,30)20-9-8-19(23)32-20/h2-4,6-9,16,25H,5,10-15H2,1H3,(H,24,28). The molecule has 1 saturated heterocycles. The van der Waals surface area contributed by atoms with E-state index in [9.17, 15) is 13.2 Å². The molecule has 2 N–H and O–H groups in total. The molecule has 0 unspecified atom stereocenters. The van der Waals surface area contributed by atoms with E-state index in [0.29, 0.717) is 42.5 Å². The van der Waals surface area contributed by atoms with E-state index in [1.54, 1.807) is 12.1 Å². The van der Waals surface area contributed by atoms with Crippen LogP contribution in [0.1, 0.15) is 19.3 Å². The number of rotatable bonds is 8. The number of thiophene rings is 1. The van der Waals surface area contributed by atoms with Gasteiger partial charge in [-0.2, -0.15) is 4.31 Å². The number of nitrogens with one attached hydrogen (secondary N) is 2. The Morgan fingerprint density at radius 1 is 1.24 bits per heavy atom. The Labute approximate surface area is 203 Å². The van der Waals surface area contributed by atoms with Crippen molar-refractivity contribution in [3.8, 4) is 0 Å². The summed E-state index contributed by atoms with van der Waals surface area (Å²) in [6.07, 6.45) is 3.49. The summed E-state index contributed by atoms with van der Waals surface area (Å²) in [6.45, 7) is 1.96. The monoisotopic (exact) mass is 510 g/mol. The molecule has 0 radical (unpaired) electrons. The fourth-order valence-electron chi connectivity index (χ4n) is 3.93. The van der Waals surface area contributed by atoms with E-state index in [0.717, 1.165) is 30.0 Å². The van der Waals surface area contributed by atoms with E-state index in [4.69, 9.17) is 16.4 Å². The molecule has 0 aliphatic carbocycles. The van der Waals surface area contributed by atoms with Crippen LogP contribution >= 0.6 is 22.9 Å². The lowest BCUT2D eigenvalue weighted by molar-refractivity contribution is -0.120. The summed E-state index contributed by atoms with van der Waals surface area (Å²) in [4.78, 5) is 20.4. The van der Waals surface area contributed by atoms with Crippen molar-refractivity contribution < 1.29 is 18.0 Å². The SMILES string of the molecule is CN(CCCNC(=O)C1=CC2(CCN(S(=O)(=O)c3ccc(Cl)s3)CC2)ON1)c1ccccc1. The van der Waals surface area contributed by atoms with E-state index in [1.807, 2.05) is 25.2 Å². The Kier molecular flexibility index (Phi) is 7.30. The third-order valence-electron chi connectivity index (χ3n) is 5.88. The zero-order valence-electron chi connectivity index (χ0n) is 18.3. The van der Waals surface area contributed by atoms with Crippen LogP contribution in [-0.4, -0.2) is 57.5 Å². The highest BCUT2D eigenvalue weighted by Crippen LogP contribution is 2.35. The molecule has 3 heterocycles. The second-order valence-corrected chi connectivity index (χ2v) is 12.0. The number of para-hydroxylation sites is 1. The quantitative estimate of drug-likeness (QED) is 0.530. The third-order valence-corrected chi connectivity index (χ3v) is 9.48. The highest BCUT2D eigenvalue weighted by Gasteiger charge is 2.42. The number of carbonyl (C=O) groups is 1. The van der Waals surface area contributed by atoms with Crippen LogP contribution in [-0.2, 0) is 19.7 Å². The van der Waals surface area contributed by atoms with Crippen molar-refractivity contribution in [1.82, 2.24) is 15.1 Å². The van der Waals surface area contributed by atoms with Crippen molar-refractivity contribution in [3.05, 3.63) is 58.6 Å². The van der Waals surface area contributed by atoms with Gasteiger partial charge in [0.1, 0.15) is 15.5 Å². The van der Waals surface area contributed by atoms with Crippen molar-refractivity contribution in [2.45, 2.75) is 29.1 Å². The lowest BCUT2D eigenvalue weighted by atomic mass is 9.92. The van der Waals surface area contributed by atoms with Gasteiger partial charge < -0.3 is 10.2 Å². The molecule has 1 amide bonds. The van der Waals surface area contributed by atoms with Gasteiger partial charge in [0, 0.05) is 38.9 Å². The van der Waals surface area contributed by atoms with E-state index in [-0.39, 0.29) is 10.1 Å². The van der Waals surface area contributed by atoms with Crippen LogP contribution in [0.5, 0.6) is 0 Å². The lowest BCUT2D eigenvalue weighted by Crippen LogP contribution is -2.46. The molecule has 0 bridgehead atoms. The maximum absolute atomic E-state index is 12.8. The van der Waals surface area contributed by atoms with Gasteiger partial charge in [0.25, 0.3) is 15.9 Å². The Balaban J connectivity index is 1.25. The van der Waals surface area contributed by atoms with Gasteiger partial charge in [-0.1, -0.05) is 29.8 Å². The van der Waals surface area contributed by atoms with Gasteiger partial charge in [0.05, 0.1) is 4.34 Å². The number of hydrogen-bond acceptors (Lipinski definition) is 7. The number of anilines is 1. The maximum atomic E-state index is 12.8. The fourth-order valence-corrected chi connectivity index (χ4v) is 7.01. The first-order valence-corrected chi connectivity index (χ1v) is 13.4. The molecule has 0 saturated carbocycles. The van der Waals surface area contributed by atoms with Crippen LogP contribution in [0.15, 0.2) is 58.4 Å². The molecule has 178 valence electrons. The van der Waals surface area contributed by atoms with Crippen molar-refractivity contribution >= 4 is 44.6 Å². The minimum absolute atomic E-state index is 0.225. The van der Waals surface area contributed by atoms with Crippen molar-refractivity contribution in [3.63, 3.8) is 0 Å². The number of halogens is 1. The first-order valence-electron chi connectivity index (χ1n) is 10.8. The third kappa shape index (κ3) is 5.52. The summed E-state index contributed by atoms with van der Waals surface area (Å²) in [6, 6.07) is 13.2. The lowest BCUT2D eigenvalue weighted by Gasteiger charge is -2.35. The first kappa shape index (κ1) is 24.0. The molecular formula is C22H27ClN4O4S2. The maximum Gasteiger partial charge on any atom is 0.269 e. The second kappa shape index (κ2) is 10.0. The molecule has 1 aromatic heterocycles. The summed E-state index contributed by atoms with van der Waals surface area (Å²) in [7, 11) is -1.55. The molecule has 8 nitrogen and oxygen atoms in total. The molecule has 11 heteroatoms. The van der Waals surface area contributed by atoms with Crippen LogP contribution in [0.2, 0.25) is 4.34 Å². The second-order valence-electron chi connectivity index (χ2n) is 8.16. The Hall–Kier alpha value is -2.11. The normalized spacial score (nSPS) is 18.1. The van der Waals surface area contributed by atoms with Crippen LogP contribution in [0, 0.1) is 0 Å². The number of hydroxylamine groups is 1. The van der Waals surface area contributed by atoms with Gasteiger partial charge in [-0.15, -0.1) is 11.3 Å². The molecule has 0 atom stereocenters. The molecule has 1 fully saturated rings. The van der Waals surface area contributed by atoms with Crippen LogP contribution < -0.4 is 15.7 Å². The molecule has 2 aliphatic rings. The topological polar surface area (TPSA) is 91.0 Å². The van der Waals surface area contributed by atoms with E-state index >= 15 is 0 Å². The predicted octanol–water partition coefficient (Wildman–Crippen LogP) is 2.99. The molecule has 4 rings (SSSR count). The largest absolute Gasteiger partial charge is 0.375 e. The number of nitrogens with zero attached hydrogens (tertiary/aromatic N) is 2. The van der Waals surface area contributed by atoms with Gasteiger partial charge in [-0.25, -0.2) is 8.42 Å². The molecule has 1 aromatic carbocycles. The van der Waals surface area contributed by atoms with Gasteiger partial charge in [-0.05, 0) is 49.6 Å². The summed E-state index contributed by atoms with van der Waals surface area (Å²) < 4.78 is 27.7. The van der Waals surface area contributed by atoms with E-state index in [1.165, 1.54) is 10.4 Å².